The van der Waals surface area contributed by atoms with Gasteiger partial charge in [-0.25, -0.2) is 4.68 Å². The summed E-state index contributed by atoms with van der Waals surface area (Å²) in [5.41, 5.74) is 4.56. The molecule has 0 unspecified atom stereocenters. The number of rotatable bonds is 7. The maximum absolute atomic E-state index is 14.0. The molecular formula is C29H36ClN3O. The lowest BCUT2D eigenvalue weighted by molar-refractivity contribution is 0.0944. The van der Waals surface area contributed by atoms with Gasteiger partial charge in [-0.2, -0.15) is 5.10 Å². The molecule has 1 aromatic heterocycles. The summed E-state index contributed by atoms with van der Waals surface area (Å²) in [6, 6.07) is 16.6. The SMILES string of the molecule is CCC(CC)(CC(=O)c1c(C)nn2c1N[C@H](c1ccccc1Cl)CC2(C)C)c1ccc(C)cc1. The highest BCUT2D eigenvalue weighted by atomic mass is 35.5. The standard InChI is InChI=1S/C29H36ClN3O/c1-7-29(8-2,21-15-13-19(3)14-16-21)18-25(34)26-20(4)32-33-27(26)31-24(17-28(33,5)6)22-11-9-10-12-23(22)30/h9-16,24,31H,7-8,17-18H2,1-6H3/t24-/m0/s1. The number of carbonyl (C=O) groups is 1. The minimum atomic E-state index is -0.253. The minimum Gasteiger partial charge on any atom is -0.363 e. The van der Waals surface area contributed by atoms with Crippen LogP contribution in [0.5, 0.6) is 0 Å². The molecule has 0 spiro atoms. The maximum atomic E-state index is 14.0. The second-order valence-electron chi connectivity index (χ2n) is 10.4. The quantitative estimate of drug-likeness (QED) is 0.353. The van der Waals surface area contributed by atoms with Crippen LogP contribution in [-0.4, -0.2) is 15.6 Å². The van der Waals surface area contributed by atoms with E-state index in [2.05, 4.69) is 70.3 Å². The van der Waals surface area contributed by atoms with Crippen LogP contribution in [0.4, 0.5) is 5.82 Å². The number of halogens is 1. The number of Topliss-reactive ketones (excluding diaryl/α,β-unsaturated/α-hetero) is 1. The summed E-state index contributed by atoms with van der Waals surface area (Å²) < 4.78 is 2.01. The number of fused-ring (bicyclic) bond motifs is 1. The van der Waals surface area contributed by atoms with Crippen LogP contribution in [0.25, 0.3) is 0 Å². The molecule has 0 saturated carbocycles. The van der Waals surface area contributed by atoms with Crippen molar-refractivity contribution in [1.29, 1.82) is 0 Å². The molecule has 0 bridgehead atoms. The van der Waals surface area contributed by atoms with E-state index < -0.39 is 0 Å². The average Bonchev–Trinajstić information content (AvgIpc) is 3.15. The first-order valence-electron chi connectivity index (χ1n) is 12.3. The number of nitrogens with one attached hydrogen (secondary N) is 1. The Labute approximate surface area is 208 Å². The van der Waals surface area contributed by atoms with Crippen molar-refractivity contribution < 1.29 is 4.79 Å². The molecule has 5 heteroatoms. The normalized spacial score (nSPS) is 17.2. The molecule has 3 aromatic rings. The van der Waals surface area contributed by atoms with Crippen molar-refractivity contribution in [2.24, 2.45) is 0 Å². The molecule has 1 aliphatic heterocycles. The molecule has 0 amide bonds. The fourth-order valence-electron chi connectivity index (χ4n) is 5.49. The van der Waals surface area contributed by atoms with Crippen molar-refractivity contribution in [3.63, 3.8) is 0 Å². The third-order valence-corrected chi connectivity index (χ3v) is 8.07. The Balaban J connectivity index is 1.74. The van der Waals surface area contributed by atoms with Crippen LogP contribution in [0.15, 0.2) is 48.5 Å². The molecule has 1 N–H and O–H groups in total. The van der Waals surface area contributed by atoms with E-state index >= 15 is 0 Å². The van der Waals surface area contributed by atoms with Crippen LogP contribution in [0.3, 0.4) is 0 Å². The van der Waals surface area contributed by atoms with Crippen molar-refractivity contribution in [2.75, 3.05) is 5.32 Å². The largest absolute Gasteiger partial charge is 0.363 e. The first-order chi connectivity index (χ1) is 16.1. The van der Waals surface area contributed by atoms with Crippen LogP contribution in [0.2, 0.25) is 5.02 Å². The molecule has 4 rings (SSSR count). The second-order valence-corrected chi connectivity index (χ2v) is 10.8. The first-order valence-corrected chi connectivity index (χ1v) is 12.7. The van der Waals surface area contributed by atoms with Gasteiger partial charge in [-0.15, -0.1) is 0 Å². The van der Waals surface area contributed by atoms with Crippen LogP contribution in [-0.2, 0) is 11.0 Å². The van der Waals surface area contributed by atoms with Gasteiger partial charge in [0, 0.05) is 16.9 Å². The maximum Gasteiger partial charge on any atom is 0.169 e. The molecule has 180 valence electrons. The minimum absolute atomic E-state index is 0.0121. The number of anilines is 1. The molecule has 1 atom stereocenters. The van der Waals surface area contributed by atoms with Crippen molar-refractivity contribution in [3.8, 4) is 0 Å². The molecule has 0 fully saturated rings. The van der Waals surface area contributed by atoms with E-state index in [1.165, 1.54) is 11.1 Å². The van der Waals surface area contributed by atoms with E-state index in [1.807, 2.05) is 29.8 Å². The van der Waals surface area contributed by atoms with Gasteiger partial charge in [0.15, 0.2) is 5.78 Å². The van der Waals surface area contributed by atoms with Gasteiger partial charge in [-0.05, 0) is 64.2 Å². The smallest absolute Gasteiger partial charge is 0.169 e. The van der Waals surface area contributed by atoms with Gasteiger partial charge in [0.25, 0.3) is 0 Å². The van der Waals surface area contributed by atoms with Crippen molar-refractivity contribution in [2.45, 2.75) is 84.2 Å². The van der Waals surface area contributed by atoms with Gasteiger partial charge in [-0.1, -0.05) is 73.5 Å². The second kappa shape index (κ2) is 9.22. The molecule has 34 heavy (non-hydrogen) atoms. The summed E-state index contributed by atoms with van der Waals surface area (Å²) in [5.74, 6) is 0.958. The summed E-state index contributed by atoms with van der Waals surface area (Å²) in [5, 5.41) is 9.23. The lowest BCUT2D eigenvalue weighted by atomic mass is 9.71. The zero-order chi connectivity index (χ0) is 24.7. The Morgan fingerprint density at radius 2 is 1.76 bits per heavy atom. The number of aromatic nitrogens is 2. The summed E-state index contributed by atoms with van der Waals surface area (Å²) in [6.45, 7) is 12.8. The number of carbonyl (C=O) groups excluding carboxylic acids is 1. The van der Waals surface area contributed by atoms with E-state index in [0.29, 0.717) is 12.0 Å². The Morgan fingerprint density at radius 3 is 2.38 bits per heavy atom. The Bertz CT molecular complexity index is 1190. The van der Waals surface area contributed by atoms with Crippen molar-refractivity contribution >= 4 is 23.2 Å². The third kappa shape index (κ3) is 4.29. The molecular weight excluding hydrogens is 442 g/mol. The molecule has 0 aliphatic carbocycles. The predicted molar refractivity (Wildman–Crippen MR) is 141 cm³/mol. The number of ketones is 1. The summed E-state index contributed by atoms with van der Waals surface area (Å²) in [4.78, 5) is 14.0. The molecule has 0 saturated heterocycles. The fourth-order valence-corrected chi connectivity index (χ4v) is 5.76. The topological polar surface area (TPSA) is 46.9 Å². The van der Waals surface area contributed by atoms with Gasteiger partial charge in [-0.3, -0.25) is 4.79 Å². The van der Waals surface area contributed by atoms with Crippen LogP contribution < -0.4 is 5.32 Å². The molecule has 0 radical (unpaired) electrons. The number of hydrogen-bond donors (Lipinski definition) is 1. The summed E-state index contributed by atoms with van der Waals surface area (Å²) in [6.07, 6.45) is 3.10. The van der Waals surface area contributed by atoms with E-state index in [9.17, 15) is 4.79 Å². The lowest BCUT2D eigenvalue weighted by Gasteiger charge is -2.39. The van der Waals surface area contributed by atoms with Gasteiger partial charge >= 0.3 is 0 Å². The Hall–Kier alpha value is -2.59. The third-order valence-electron chi connectivity index (χ3n) is 7.72. The molecule has 2 heterocycles. The van der Waals surface area contributed by atoms with Crippen molar-refractivity contribution in [3.05, 3.63) is 81.5 Å². The fraction of sp³-hybridized carbons (Fsp3) is 0.448. The molecule has 1 aliphatic rings. The molecule has 4 nitrogen and oxygen atoms in total. The number of hydrogen-bond acceptors (Lipinski definition) is 3. The highest BCUT2D eigenvalue weighted by Gasteiger charge is 2.40. The van der Waals surface area contributed by atoms with Crippen LogP contribution in [0, 0.1) is 13.8 Å². The lowest BCUT2D eigenvalue weighted by Crippen LogP contribution is -2.38. The van der Waals surface area contributed by atoms with Crippen LogP contribution >= 0.6 is 11.6 Å². The van der Waals surface area contributed by atoms with Gasteiger partial charge in [0.1, 0.15) is 5.82 Å². The number of aryl methyl sites for hydroxylation is 2. The summed E-state index contributed by atoms with van der Waals surface area (Å²) in [7, 11) is 0. The zero-order valence-corrected chi connectivity index (χ0v) is 22.0. The monoisotopic (exact) mass is 477 g/mol. The Morgan fingerprint density at radius 1 is 1.12 bits per heavy atom. The predicted octanol–water partition coefficient (Wildman–Crippen LogP) is 7.78. The van der Waals surface area contributed by atoms with E-state index in [4.69, 9.17) is 16.7 Å². The first kappa shape index (κ1) is 24.5. The van der Waals surface area contributed by atoms with E-state index in [1.54, 1.807) is 0 Å². The Kier molecular flexibility index (Phi) is 6.65. The highest BCUT2D eigenvalue weighted by Crippen LogP contribution is 2.44. The van der Waals surface area contributed by atoms with Gasteiger partial charge < -0.3 is 5.32 Å². The number of nitrogens with zero attached hydrogens (tertiary/aromatic N) is 2. The molecule has 2 aromatic carbocycles. The number of benzene rings is 2. The average molecular weight is 478 g/mol. The van der Waals surface area contributed by atoms with Crippen molar-refractivity contribution in [1.82, 2.24) is 9.78 Å². The van der Waals surface area contributed by atoms with E-state index in [-0.39, 0.29) is 22.8 Å². The summed E-state index contributed by atoms with van der Waals surface area (Å²) >= 11 is 6.56. The zero-order valence-electron chi connectivity index (χ0n) is 21.2. The van der Waals surface area contributed by atoms with Crippen LogP contribution in [0.1, 0.15) is 92.2 Å². The van der Waals surface area contributed by atoms with Gasteiger partial charge in [0.05, 0.1) is 22.8 Å². The highest BCUT2D eigenvalue weighted by molar-refractivity contribution is 6.31. The van der Waals surface area contributed by atoms with Gasteiger partial charge in [0.2, 0.25) is 0 Å². The van der Waals surface area contributed by atoms with E-state index in [0.717, 1.165) is 41.4 Å².